The Balaban J connectivity index is 1.37. The number of H-pyrrole nitrogens is 2. The highest BCUT2D eigenvalue weighted by atomic mass is 32.1. The fourth-order valence-electron chi connectivity index (χ4n) is 2.42. The van der Waals surface area contributed by atoms with Gasteiger partial charge in [-0.05, 0) is 29.6 Å². The van der Waals surface area contributed by atoms with Crippen LogP contribution < -0.4 is 11.0 Å². The summed E-state index contributed by atoms with van der Waals surface area (Å²) in [5.74, 6) is 0.771. The minimum atomic E-state index is -0.281. The number of imidazole rings is 1. The molecule has 1 amide bonds. The zero-order valence-corrected chi connectivity index (χ0v) is 13.7. The maximum atomic E-state index is 12.1. The first-order valence-corrected chi connectivity index (χ1v) is 8.49. The Hall–Kier alpha value is -3.20. The van der Waals surface area contributed by atoms with Gasteiger partial charge in [-0.15, -0.1) is 0 Å². The summed E-state index contributed by atoms with van der Waals surface area (Å²) in [6.45, 7) is 0. The summed E-state index contributed by atoms with van der Waals surface area (Å²) in [6.07, 6.45) is 0.569. The Morgan fingerprint density at radius 1 is 1.24 bits per heavy atom. The lowest BCUT2D eigenvalue weighted by Gasteiger charge is -2.04. The quantitative estimate of drug-likeness (QED) is 0.509. The van der Waals surface area contributed by atoms with E-state index in [0.29, 0.717) is 34.9 Å². The number of anilines is 1. The topological polar surface area (TPSA) is 117 Å². The molecule has 3 N–H and O–H groups in total. The summed E-state index contributed by atoms with van der Waals surface area (Å²) in [5.41, 5.74) is 2.56. The molecule has 0 spiro atoms. The molecule has 0 aliphatic rings. The molecule has 0 fully saturated rings. The number of thiophene rings is 1. The highest BCUT2D eigenvalue weighted by Gasteiger charge is 2.11. The molecule has 3 aromatic heterocycles. The van der Waals surface area contributed by atoms with E-state index in [-0.39, 0.29) is 18.0 Å². The summed E-state index contributed by atoms with van der Waals surface area (Å²) >= 11 is 1.56. The van der Waals surface area contributed by atoms with Gasteiger partial charge in [-0.3, -0.25) is 4.79 Å². The zero-order chi connectivity index (χ0) is 17.2. The summed E-state index contributed by atoms with van der Waals surface area (Å²) in [5, 5.41) is 10.6. The van der Waals surface area contributed by atoms with Gasteiger partial charge in [0.15, 0.2) is 0 Å². The van der Waals surface area contributed by atoms with E-state index in [1.165, 1.54) is 0 Å². The zero-order valence-electron chi connectivity index (χ0n) is 12.9. The number of nitrogens with zero attached hydrogens (tertiary/aromatic N) is 2. The predicted molar refractivity (Wildman–Crippen MR) is 93.5 cm³/mol. The SMILES string of the molecule is O=C(CCc1nc(-c2ccsc2)no1)Nc1ccc2[nH]c(=O)[nH]c2c1. The lowest BCUT2D eigenvalue weighted by Crippen LogP contribution is -2.12. The number of benzene rings is 1. The Kier molecular flexibility index (Phi) is 3.90. The third-order valence-corrected chi connectivity index (χ3v) is 4.30. The highest BCUT2D eigenvalue weighted by Crippen LogP contribution is 2.19. The Bertz CT molecular complexity index is 1080. The lowest BCUT2D eigenvalue weighted by atomic mass is 10.2. The number of rotatable bonds is 5. The molecule has 4 rings (SSSR count). The summed E-state index contributed by atoms with van der Waals surface area (Å²) in [4.78, 5) is 32.9. The summed E-state index contributed by atoms with van der Waals surface area (Å²) < 4.78 is 5.17. The second-order valence-electron chi connectivity index (χ2n) is 5.41. The maximum absolute atomic E-state index is 12.1. The van der Waals surface area contributed by atoms with Crippen molar-refractivity contribution in [1.29, 1.82) is 0 Å². The molecule has 4 aromatic rings. The molecule has 1 aromatic carbocycles. The van der Waals surface area contributed by atoms with Gasteiger partial charge >= 0.3 is 5.69 Å². The number of hydrogen-bond acceptors (Lipinski definition) is 6. The van der Waals surface area contributed by atoms with Crippen LogP contribution in [0.4, 0.5) is 5.69 Å². The van der Waals surface area contributed by atoms with Crippen molar-refractivity contribution in [3.8, 4) is 11.4 Å². The monoisotopic (exact) mass is 355 g/mol. The van der Waals surface area contributed by atoms with Crippen molar-refractivity contribution in [3.05, 3.63) is 51.4 Å². The van der Waals surface area contributed by atoms with E-state index in [2.05, 4.69) is 25.4 Å². The van der Waals surface area contributed by atoms with Gasteiger partial charge < -0.3 is 19.8 Å². The molecular formula is C16H13N5O3S. The maximum Gasteiger partial charge on any atom is 0.323 e. The summed E-state index contributed by atoms with van der Waals surface area (Å²) in [6, 6.07) is 7.07. The van der Waals surface area contributed by atoms with Crippen LogP contribution in [-0.4, -0.2) is 26.0 Å². The number of aromatic nitrogens is 4. The van der Waals surface area contributed by atoms with E-state index in [0.717, 1.165) is 5.56 Å². The second-order valence-corrected chi connectivity index (χ2v) is 6.19. The van der Waals surface area contributed by atoms with Crippen molar-refractivity contribution in [2.24, 2.45) is 0 Å². The number of aromatic amines is 2. The Morgan fingerprint density at radius 3 is 2.96 bits per heavy atom. The molecule has 0 unspecified atom stereocenters. The van der Waals surface area contributed by atoms with Crippen LogP contribution in [0, 0.1) is 0 Å². The van der Waals surface area contributed by atoms with Crippen LogP contribution in [-0.2, 0) is 11.2 Å². The van der Waals surface area contributed by atoms with Crippen LogP contribution in [0.1, 0.15) is 12.3 Å². The average molecular weight is 355 g/mol. The van der Waals surface area contributed by atoms with E-state index in [4.69, 9.17) is 4.52 Å². The van der Waals surface area contributed by atoms with Crippen LogP contribution in [0.15, 0.2) is 44.3 Å². The number of aryl methyl sites for hydroxylation is 1. The van der Waals surface area contributed by atoms with Gasteiger partial charge in [0.1, 0.15) is 0 Å². The van der Waals surface area contributed by atoms with Gasteiger partial charge in [0, 0.05) is 29.5 Å². The third kappa shape index (κ3) is 3.36. The van der Waals surface area contributed by atoms with Crippen molar-refractivity contribution in [3.63, 3.8) is 0 Å². The molecule has 0 radical (unpaired) electrons. The molecule has 0 saturated carbocycles. The highest BCUT2D eigenvalue weighted by molar-refractivity contribution is 7.08. The van der Waals surface area contributed by atoms with Crippen molar-refractivity contribution in [1.82, 2.24) is 20.1 Å². The molecule has 3 heterocycles. The second kappa shape index (κ2) is 6.36. The molecular weight excluding hydrogens is 342 g/mol. The van der Waals surface area contributed by atoms with Gasteiger partial charge in [0.05, 0.1) is 11.0 Å². The number of fused-ring (bicyclic) bond motifs is 1. The van der Waals surface area contributed by atoms with Crippen LogP contribution >= 0.6 is 11.3 Å². The lowest BCUT2D eigenvalue weighted by molar-refractivity contribution is -0.116. The molecule has 25 heavy (non-hydrogen) atoms. The van der Waals surface area contributed by atoms with Crippen molar-refractivity contribution in [2.45, 2.75) is 12.8 Å². The first kappa shape index (κ1) is 15.3. The summed E-state index contributed by atoms with van der Waals surface area (Å²) in [7, 11) is 0. The van der Waals surface area contributed by atoms with Gasteiger partial charge in [-0.2, -0.15) is 16.3 Å². The number of nitrogens with one attached hydrogen (secondary N) is 3. The Labute approximate surface area is 144 Å². The predicted octanol–water partition coefficient (Wildman–Crippen LogP) is 2.54. The van der Waals surface area contributed by atoms with Gasteiger partial charge in [-0.25, -0.2) is 4.79 Å². The fraction of sp³-hybridized carbons (Fsp3) is 0.125. The van der Waals surface area contributed by atoms with Crippen LogP contribution in [0.3, 0.4) is 0 Å². The third-order valence-electron chi connectivity index (χ3n) is 3.61. The fourth-order valence-corrected chi connectivity index (χ4v) is 3.05. The van der Waals surface area contributed by atoms with E-state index >= 15 is 0 Å². The van der Waals surface area contributed by atoms with Crippen LogP contribution in [0.25, 0.3) is 22.4 Å². The van der Waals surface area contributed by atoms with E-state index < -0.39 is 0 Å². The smallest absolute Gasteiger partial charge is 0.323 e. The van der Waals surface area contributed by atoms with Crippen LogP contribution in [0.2, 0.25) is 0 Å². The van der Waals surface area contributed by atoms with Gasteiger partial charge in [0.2, 0.25) is 17.6 Å². The molecule has 0 saturated heterocycles. The minimum absolute atomic E-state index is 0.174. The number of hydrogen-bond donors (Lipinski definition) is 3. The first-order valence-electron chi connectivity index (χ1n) is 7.54. The molecule has 126 valence electrons. The number of carbonyl (C=O) groups excluding carboxylic acids is 1. The van der Waals surface area contributed by atoms with Crippen LogP contribution in [0.5, 0.6) is 0 Å². The van der Waals surface area contributed by atoms with Crippen molar-refractivity contribution < 1.29 is 9.32 Å². The molecule has 0 aliphatic heterocycles. The molecule has 0 bridgehead atoms. The van der Waals surface area contributed by atoms with Gasteiger partial charge in [-0.1, -0.05) is 5.16 Å². The Morgan fingerprint density at radius 2 is 2.12 bits per heavy atom. The van der Waals surface area contributed by atoms with E-state index in [1.54, 1.807) is 29.5 Å². The molecule has 0 atom stereocenters. The standard InChI is InChI=1S/C16H13N5O3S/c22-13(17-10-1-2-11-12(7-10)19-16(23)18-11)3-4-14-20-15(21-24-14)9-5-6-25-8-9/h1-2,5-8H,3-4H2,(H,17,22)(H2,18,19,23). The average Bonchev–Trinajstić information content (AvgIpc) is 3.32. The minimum Gasteiger partial charge on any atom is -0.339 e. The van der Waals surface area contributed by atoms with Crippen molar-refractivity contribution >= 4 is 34.0 Å². The number of amides is 1. The van der Waals surface area contributed by atoms with E-state index in [1.807, 2.05) is 16.8 Å². The normalized spacial score (nSPS) is 11.0. The van der Waals surface area contributed by atoms with E-state index in [9.17, 15) is 9.59 Å². The molecule has 8 nitrogen and oxygen atoms in total. The molecule has 0 aliphatic carbocycles. The molecule has 9 heteroatoms. The van der Waals surface area contributed by atoms with Gasteiger partial charge in [0.25, 0.3) is 0 Å². The largest absolute Gasteiger partial charge is 0.339 e. The number of carbonyl (C=O) groups is 1. The first-order chi connectivity index (χ1) is 12.2. The van der Waals surface area contributed by atoms with Crippen molar-refractivity contribution in [2.75, 3.05) is 5.32 Å².